The van der Waals surface area contributed by atoms with Crippen LogP contribution in [0, 0.1) is 0 Å². The SMILES string of the molecule is O=c1ccn([C@@H]2O[C@H](COP(=O)(O)OP(=O)(O)OP(=O)(O)OP(=O)(O)OP(=O)(O)OP(=O)(O)OC[C@H]3O[C@@H](n4ccc(=O)[nH]c4=O)[C@H](O)[C@@H]3O)[C@@H](O)[C@H]2O)c(=O)[nH]1. The van der Waals surface area contributed by atoms with Gasteiger partial charge in [0.15, 0.2) is 12.5 Å². The van der Waals surface area contributed by atoms with E-state index < -0.39 is 132 Å². The highest BCUT2D eigenvalue weighted by Gasteiger charge is 2.51. The second-order valence-electron chi connectivity index (χ2n) is 10.9. The molecule has 0 bridgehead atoms. The van der Waals surface area contributed by atoms with E-state index in [9.17, 15) is 96.4 Å². The van der Waals surface area contributed by atoms with Crippen LogP contribution in [0.3, 0.4) is 0 Å². The quantitative estimate of drug-likeness (QED) is 0.0634. The summed E-state index contributed by atoms with van der Waals surface area (Å²) in [6, 6.07) is 1.65. The predicted molar refractivity (Wildman–Crippen MR) is 171 cm³/mol. The van der Waals surface area contributed by atoms with Crippen LogP contribution in [0.1, 0.15) is 12.5 Å². The van der Waals surface area contributed by atoms with Gasteiger partial charge >= 0.3 is 58.3 Å². The number of phosphoric acid groups is 6. The molecule has 2 saturated heterocycles. The molecule has 2 aromatic rings. The number of rotatable bonds is 18. The van der Waals surface area contributed by atoms with Gasteiger partial charge in [0.1, 0.15) is 36.6 Å². The molecule has 324 valence electrons. The lowest BCUT2D eigenvalue weighted by Crippen LogP contribution is -2.37. The Morgan fingerprint density at radius 1 is 0.509 bits per heavy atom. The fraction of sp³-hybridized carbons (Fsp3) is 0.556. The van der Waals surface area contributed by atoms with Gasteiger partial charge in [-0.3, -0.25) is 37.7 Å². The number of hydrogen-bond donors (Lipinski definition) is 12. The Labute approximate surface area is 311 Å². The van der Waals surface area contributed by atoms with Crippen LogP contribution in [0.2, 0.25) is 0 Å². The lowest BCUT2D eigenvalue weighted by atomic mass is 10.1. The van der Waals surface area contributed by atoms with Crippen LogP contribution in [-0.4, -0.2) is 119 Å². The topological polar surface area (TPSA) is 498 Å². The Morgan fingerprint density at radius 2 is 0.789 bits per heavy atom. The molecule has 0 aliphatic carbocycles. The molecule has 57 heavy (non-hydrogen) atoms. The maximum Gasteiger partial charge on any atom is 0.490 e. The summed E-state index contributed by atoms with van der Waals surface area (Å²) in [5, 5.41) is 40.7. The summed E-state index contributed by atoms with van der Waals surface area (Å²) in [6.07, 6.45) is -13.3. The van der Waals surface area contributed by atoms with Gasteiger partial charge in [-0.15, -0.1) is 0 Å². The van der Waals surface area contributed by atoms with E-state index in [1.807, 2.05) is 9.97 Å². The highest BCUT2D eigenvalue weighted by Crippen LogP contribution is 2.75. The number of aliphatic hydroxyl groups excluding tert-OH is 4. The zero-order valence-electron chi connectivity index (χ0n) is 27.1. The molecule has 14 atom stereocenters. The zero-order chi connectivity index (χ0) is 43.1. The van der Waals surface area contributed by atoms with E-state index in [4.69, 9.17) is 9.47 Å². The molecule has 2 aromatic heterocycles. The Hall–Kier alpha value is -2.02. The van der Waals surface area contributed by atoms with Gasteiger partial charge in [-0.2, -0.15) is 21.6 Å². The minimum Gasteiger partial charge on any atom is -0.387 e. The first-order chi connectivity index (χ1) is 25.9. The zero-order valence-corrected chi connectivity index (χ0v) is 32.5. The third kappa shape index (κ3) is 13.0. The molecule has 0 amide bonds. The molecule has 6 unspecified atom stereocenters. The lowest BCUT2D eigenvalue weighted by molar-refractivity contribution is -0.0542. The predicted octanol–water partition coefficient (Wildman–Crippen LogP) is -3.96. The van der Waals surface area contributed by atoms with Crippen LogP contribution in [0.4, 0.5) is 0 Å². The summed E-state index contributed by atoms with van der Waals surface area (Å²) in [6.45, 7) is -2.63. The van der Waals surface area contributed by atoms with E-state index in [1.54, 1.807) is 0 Å². The maximum atomic E-state index is 12.2. The van der Waals surface area contributed by atoms with Gasteiger partial charge in [0.25, 0.3) is 11.1 Å². The molecule has 39 heteroatoms. The molecule has 2 fully saturated rings. The standard InChI is InChI=1S/C18H28N4O29P6/c23-9-1-3-21(17(29)19-9)15-13(27)11(25)7(45-15)5-43-52(31,32)47-54(35,36)49-56(39,40)51-57(41,42)50-55(37,38)48-53(33,34)44-6-8-12(26)14(28)16(46-8)22-4-2-10(24)20-18(22)30/h1-4,7-8,11-16,25-28H,5-6H2,(H,31,32)(H,33,34)(H,35,36)(H,37,38)(H,39,40)(H,41,42)(H,19,23,29)(H,20,24,30)/t7-,8-,11-,12-,13-,14-,15-,16-/m1/s1. The maximum absolute atomic E-state index is 12.2. The van der Waals surface area contributed by atoms with Crippen LogP contribution < -0.4 is 22.5 Å². The minimum atomic E-state index is -6.63. The smallest absolute Gasteiger partial charge is 0.387 e. The third-order valence-corrected chi connectivity index (χ3v) is 16.0. The molecular weight excluding hydrogens is 922 g/mol. The van der Waals surface area contributed by atoms with Crippen LogP contribution in [0.25, 0.3) is 0 Å². The van der Waals surface area contributed by atoms with Crippen LogP contribution >= 0.6 is 46.9 Å². The molecule has 12 N–H and O–H groups in total. The van der Waals surface area contributed by atoms with Gasteiger partial charge in [0.2, 0.25) is 0 Å². The number of ether oxygens (including phenoxy) is 2. The van der Waals surface area contributed by atoms with Crippen molar-refractivity contribution in [1.82, 2.24) is 19.1 Å². The van der Waals surface area contributed by atoms with E-state index in [0.717, 1.165) is 24.5 Å². The first kappa shape index (κ1) is 47.7. The number of aliphatic hydroxyl groups is 4. The van der Waals surface area contributed by atoms with E-state index in [2.05, 4.69) is 30.6 Å². The number of aromatic nitrogens is 4. The lowest BCUT2D eigenvalue weighted by Gasteiger charge is -2.22. The summed E-state index contributed by atoms with van der Waals surface area (Å²) < 4.78 is 111. The minimum absolute atomic E-state index is 0.589. The van der Waals surface area contributed by atoms with Gasteiger partial charge in [-0.1, -0.05) is 0 Å². The van der Waals surface area contributed by atoms with Gasteiger partial charge in [0, 0.05) is 24.5 Å². The van der Waals surface area contributed by atoms with Gasteiger partial charge in [-0.25, -0.2) is 37.0 Å². The summed E-state index contributed by atoms with van der Waals surface area (Å²) in [5.41, 5.74) is -3.97. The number of nitrogens with zero attached hydrogens (tertiary/aromatic N) is 2. The van der Waals surface area contributed by atoms with Crippen molar-refractivity contribution in [2.75, 3.05) is 13.2 Å². The van der Waals surface area contributed by atoms with Crippen LogP contribution in [-0.2, 0) is 67.5 Å². The normalized spacial score (nSPS) is 31.6. The molecule has 33 nitrogen and oxygen atoms in total. The molecule has 0 saturated carbocycles. The second-order valence-corrected chi connectivity index (χ2v) is 20.3. The summed E-state index contributed by atoms with van der Waals surface area (Å²) in [4.78, 5) is 108. The van der Waals surface area contributed by atoms with Crippen molar-refractivity contribution in [3.05, 3.63) is 66.2 Å². The van der Waals surface area contributed by atoms with Crippen molar-refractivity contribution < 1.29 is 117 Å². The molecule has 0 aromatic carbocycles. The Kier molecular flexibility index (Phi) is 14.7. The molecule has 4 heterocycles. The molecule has 2 aliphatic heterocycles. The molecule has 0 radical (unpaired) electrons. The first-order valence-corrected chi connectivity index (χ1v) is 23.4. The Morgan fingerprint density at radius 3 is 1.07 bits per heavy atom. The molecular formula is C18H28N4O29P6. The van der Waals surface area contributed by atoms with Gasteiger partial charge < -0.3 is 59.3 Å². The summed E-state index contributed by atoms with van der Waals surface area (Å²) in [5.74, 6) is 0. The van der Waals surface area contributed by atoms with E-state index in [0.29, 0.717) is 9.13 Å². The van der Waals surface area contributed by atoms with Crippen molar-refractivity contribution in [2.24, 2.45) is 0 Å². The fourth-order valence-electron chi connectivity index (χ4n) is 4.54. The number of hydrogen-bond acceptors (Lipinski definition) is 23. The Balaban J connectivity index is 1.30. The average molecular weight is 950 g/mol. The van der Waals surface area contributed by atoms with Crippen LogP contribution in [0.5, 0.6) is 0 Å². The first-order valence-electron chi connectivity index (χ1n) is 14.4. The van der Waals surface area contributed by atoms with E-state index >= 15 is 0 Å². The summed E-state index contributed by atoms with van der Waals surface area (Å²) in [7, 11) is -38.2. The van der Waals surface area contributed by atoms with Crippen molar-refractivity contribution in [2.45, 2.75) is 49.1 Å². The highest BCUT2D eigenvalue weighted by molar-refractivity contribution is 7.72. The van der Waals surface area contributed by atoms with Crippen molar-refractivity contribution >= 4 is 46.9 Å². The number of phosphoric ester groups is 2. The van der Waals surface area contributed by atoms with E-state index in [-0.39, 0.29) is 0 Å². The van der Waals surface area contributed by atoms with E-state index in [1.165, 1.54) is 0 Å². The van der Waals surface area contributed by atoms with Gasteiger partial charge in [0.05, 0.1) is 13.2 Å². The number of aromatic amines is 2. The fourth-order valence-corrected chi connectivity index (χ4v) is 12.4. The molecule has 0 spiro atoms. The number of H-pyrrole nitrogens is 2. The molecule has 2 aliphatic rings. The molecule has 4 rings (SSSR count). The van der Waals surface area contributed by atoms with Crippen LogP contribution in [0.15, 0.2) is 43.7 Å². The van der Waals surface area contributed by atoms with Crippen molar-refractivity contribution in [3.63, 3.8) is 0 Å². The number of nitrogens with one attached hydrogen (secondary N) is 2. The Bertz CT molecular complexity index is 2180. The van der Waals surface area contributed by atoms with Gasteiger partial charge in [-0.05, 0) is 0 Å². The second kappa shape index (κ2) is 17.5. The van der Waals surface area contributed by atoms with Crippen molar-refractivity contribution in [3.8, 4) is 0 Å². The third-order valence-electron chi connectivity index (χ3n) is 6.76. The average Bonchev–Trinajstić information content (AvgIpc) is 3.45. The summed E-state index contributed by atoms with van der Waals surface area (Å²) >= 11 is 0. The largest absolute Gasteiger partial charge is 0.490 e. The highest BCUT2D eigenvalue weighted by atomic mass is 31.3. The monoisotopic (exact) mass is 950 g/mol. The van der Waals surface area contributed by atoms with Crippen molar-refractivity contribution in [1.29, 1.82) is 0 Å².